The molecule has 0 amide bonds. The first-order valence-corrected chi connectivity index (χ1v) is 6.24. The second kappa shape index (κ2) is 5.00. The lowest BCUT2D eigenvalue weighted by atomic mass is 10.3. The van der Waals surface area contributed by atoms with Crippen LogP contribution in [0, 0.1) is 12.3 Å². The summed E-state index contributed by atoms with van der Waals surface area (Å²) < 4.78 is 2.19. The second-order valence-corrected chi connectivity index (χ2v) is 4.69. The zero-order chi connectivity index (χ0) is 11.4. The molecule has 2 heterocycles. The van der Waals surface area contributed by atoms with Gasteiger partial charge < -0.3 is 4.57 Å². The lowest BCUT2D eigenvalue weighted by Crippen LogP contribution is -1.97. The predicted molar refractivity (Wildman–Crippen MR) is 68.4 cm³/mol. The van der Waals surface area contributed by atoms with Crippen LogP contribution >= 0.6 is 11.3 Å². The minimum absolute atomic E-state index is 0.958. The third-order valence-electron chi connectivity index (χ3n) is 2.44. The maximum absolute atomic E-state index is 5.37. The van der Waals surface area contributed by atoms with Crippen LogP contribution in [0.5, 0.6) is 0 Å². The fourth-order valence-corrected chi connectivity index (χ4v) is 2.41. The molecule has 0 aliphatic carbocycles. The number of thiophene rings is 1. The minimum Gasteiger partial charge on any atom is -0.330 e. The van der Waals surface area contributed by atoms with Gasteiger partial charge in [-0.15, -0.1) is 17.8 Å². The van der Waals surface area contributed by atoms with Crippen LogP contribution in [0.3, 0.4) is 0 Å². The van der Waals surface area contributed by atoms with Crippen LogP contribution in [0.2, 0.25) is 0 Å². The molecule has 0 aromatic carbocycles. The van der Waals surface area contributed by atoms with Gasteiger partial charge in [-0.3, -0.25) is 0 Å². The van der Waals surface area contributed by atoms with E-state index >= 15 is 0 Å². The van der Waals surface area contributed by atoms with Crippen molar-refractivity contribution in [2.75, 3.05) is 0 Å². The number of rotatable bonds is 4. The molecule has 0 radical (unpaired) electrons. The Hall–Kier alpha value is -1.53. The largest absolute Gasteiger partial charge is 0.330 e. The Bertz CT molecular complexity index is 502. The van der Waals surface area contributed by atoms with Crippen LogP contribution in [0.15, 0.2) is 24.5 Å². The highest BCUT2D eigenvalue weighted by molar-refractivity contribution is 7.15. The van der Waals surface area contributed by atoms with E-state index in [9.17, 15) is 0 Å². The highest BCUT2D eigenvalue weighted by Gasteiger charge is 2.07. The van der Waals surface area contributed by atoms with Crippen LogP contribution < -0.4 is 0 Å². The summed E-state index contributed by atoms with van der Waals surface area (Å²) in [7, 11) is 0. The van der Waals surface area contributed by atoms with Crippen molar-refractivity contribution in [1.29, 1.82) is 0 Å². The average Bonchev–Trinajstić information content (AvgIpc) is 2.94. The molecule has 0 spiro atoms. The van der Waals surface area contributed by atoms with Gasteiger partial charge in [0.05, 0.1) is 9.75 Å². The Kier molecular flexibility index (Phi) is 3.43. The van der Waals surface area contributed by atoms with E-state index in [1.54, 1.807) is 11.3 Å². The molecule has 2 aromatic heterocycles. The summed E-state index contributed by atoms with van der Waals surface area (Å²) in [6.07, 6.45) is 11.6. The van der Waals surface area contributed by atoms with E-state index in [1.807, 2.05) is 24.5 Å². The smallest absolute Gasteiger partial charge is 0.150 e. The number of hydrogen-bond acceptors (Lipinski definition) is 2. The molecule has 16 heavy (non-hydrogen) atoms. The fraction of sp³-hybridized carbons (Fsp3) is 0.308. The summed E-state index contributed by atoms with van der Waals surface area (Å²) in [5, 5.41) is 0. The van der Waals surface area contributed by atoms with E-state index in [0.717, 1.165) is 22.1 Å². The Morgan fingerprint density at radius 2 is 2.38 bits per heavy atom. The van der Waals surface area contributed by atoms with Gasteiger partial charge in [0.25, 0.3) is 0 Å². The van der Waals surface area contributed by atoms with E-state index in [4.69, 9.17) is 6.42 Å². The monoisotopic (exact) mass is 230 g/mol. The van der Waals surface area contributed by atoms with E-state index < -0.39 is 0 Å². The quantitative estimate of drug-likeness (QED) is 0.736. The van der Waals surface area contributed by atoms with Crippen LogP contribution in [-0.4, -0.2) is 9.55 Å². The number of nitrogens with zero attached hydrogens (tertiary/aromatic N) is 2. The van der Waals surface area contributed by atoms with Gasteiger partial charge in [-0.25, -0.2) is 4.98 Å². The van der Waals surface area contributed by atoms with Crippen LogP contribution in [0.1, 0.15) is 24.6 Å². The summed E-state index contributed by atoms with van der Waals surface area (Å²) in [6, 6.07) is 4.02. The SMILES string of the molecule is C#Cc1ccc(-c2nccn2CCCC)s1. The number of unbranched alkanes of at least 4 members (excludes halogenated alkanes) is 1. The molecule has 0 fully saturated rings. The Morgan fingerprint density at radius 1 is 1.50 bits per heavy atom. The molecule has 0 saturated carbocycles. The molecular weight excluding hydrogens is 216 g/mol. The normalized spacial score (nSPS) is 10.2. The summed E-state index contributed by atoms with van der Waals surface area (Å²) in [6.45, 7) is 3.22. The minimum atomic E-state index is 0.958. The first kappa shape index (κ1) is 11.0. The molecular formula is C13H14N2S. The lowest BCUT2D eigenvalue weighted by molar-refractivity contribution is 0.637. The van der Waals surface area contributed by atoms with Crippen molar-refractivity contribution in [3.8, 4) is 23.0 Å². The highest BCUT2D eigenvalue weighted by atomic mass is 32.1. The van der Waals surface area contributed by atoms with Gasteiger partial charge in [-0.05, 0) is 18.6 Å². The fourth-order valence-electron chi connectivity index (χ4n) is 1.58. The van der Waals surface area contributed by atoms with Crippen molar-refractivity contribution in [2.24, 2.45) is 0 Å². The zero-order valence-corrected chi connectivity index (χ0v) is 10.1. The maximum atomic E-state index is 5.37. The lowest BCUT2D eigenvalue weighted by Gasteiger charge is -2.04. The van der Waals surface area contributed by atoms with Crippen molar-refractivity contribution in [3.63, 3.8) is 0 Å². The number of terminal acetylenes is 1. The average molecular weight is 230 g/mol. The molecule has 0 unspecified atom stereocenters. The number of aryl methyl sites for hydroxylation is 1. The van der Waals surface area contributed by atoms with Crippen LogP contribution in [-0.2, 0) is 6.54 Å². The van der Waals surface area contributed by atoms with Gasteiger partial charge in [-0.1, -0.05) is 19.3 Å². The summed E-state index contributed by atoms with van der Waals surface area (Å²) in [5.41, 5.74) is 0. The van der Waals surface area contributed by atoms with Crippen molar-refractivity contribution in [1.82, 2.24) is 9.55 Å². The Balaban J connectivity index is 2.26. The summed E-state index contributed by atoms with van der Waals surface area (Å²) in [5.74, 6) is 3.68. The Labute approximate surface area is 100.0 Å². The van der Waals surface area contributed by atoms with Crippen LogP contribution in [0.25, 0.3) is 10.7 Å². The molecule has 82 valence electrons. The van der Waals surface area contributed by atoms with Gasteiger partial charge >= 0.3 is 0 Å². The van der Waals surface area contributed by atoms with Crippen molar-refractivity contribution >= 4 is 11.3 Å². The third kappa shape index (κ3) is 2.17. The topological polar surface area (TPSA) is 17.8 Å². The molecule has 2 nitrogen and oxygen atoms in total. The summed E-state index contributed by atoms with van der Waals surface area (Å²) in [4.78, 5) is 6.50. The van der Waals surface area contributed by atoms with Gasteiger partial charge in [0.2, 0.25) is 0 Å². The second-order valence-electron chi connectivity index (χ2n) is 3.61. The highest BCUT2D eigenvalue weighted by Crippen LogP contribution is 2.26. The van der Waals surface area contributed by atoms with E-state index in [0.29, 0.717) is 0 Å². The molecule has 2 rings (SSSR count). The van der Waals surface area contributed by atoms with Gasteiger partial charge in [0, 0.05) is 18.9 Å². The van der Waals surface area contributed by atoms with Gasteiger partial charge in [0.15, 0.2) is 0 Å². The standard InChI is InChI=1S/C13H14N2S/c1-3-5-9-15-10-8-14-13(15)12-7-6-11(4-2)16-12/h2,6-8,10H,3,5,9H2,1H3. The first-order chi connectivity index (χ1) is 7.85. The van der Waals surface area contributed by atoms with Crippen molar-refractivity contribution in [3.05, 3.63) is 29.4 Å². The van der Waals surface area contributed by atoms with E-state index in [2.05, 4.69) is 22.4 Å². The third-order valence-corrected chi connectivity index (χ3v) is 3.45. The zero-order valence-electron chi connectivity index (χ0n) is 9.31. The van der Waals surface area contributed by atoms with Gasteiger partial charge in [-0.2, -0.15) is 0 Å². The maximum Gasteiger partial charge on any atom is 0.150 e. The van der Waals surface area contributed by atoms with E-state index in [1.165, 1.54) is 12.8 Å². The molecule has 2 aromatic rings. The molecule has 0 saturated heterocycles. The number of aromatic nitrogens is 2. The first-order valence-electron chi connectivity index (χ1n) is 5.43. The van der Waals surface area contributed by atoms with Crippen molar-refractivity contribution in [2.45, 2.75) is 26.3 Å². The predicted octanol–water partition coefficient (Wildman–Crippen LogP) is 3.39. The molecule has 0 bridgehead atoms. The van der Waals surface area contributed by atoms with Gasteiger partial charge in [0.1, 0.15) is 5.82 Å². The number of imidazole rings is 1. The molecule has 0 N–H and O–H groups in total. The summed E-state index contributed by atoms with van der Waals surface area (Å²) >= 11 is 1.62. The molecule has 0 aliphatic heterocycles. The molecule has 3 heteroatoms. The number of hydrogen-bond donors (Lipinski definition) is 0. The van der Waals surface area contributed by atoms with E-state index in [-0.39, 0.29) is 0 Å². The van der Waals surface area contributed by atoms with Crippen molar-refractivity contribution < 1.29 is 0 Å². The Morgan fingerprint density at radius 3 is 3.06 bits per heavy atom. The van der Waals surface area contributed by atoms with Crippen LogP contribution in [0.4, 0.5) is 0 Å². The molecule has 0 aliphatic rings. The molecule has 0 atom stereocenters.